The number of rotatable bonds is 3. The molecule has 2 heterocycles. The van der Waals surface area contributed by atoms with Gasteiger partial charge in [0.05, 0.1) is 13.2 Å². The van der Waals surface area contributed by atoms with Crippen LogP contribution in [-0.4, -0.2) is 29.6 Å². The minimum Gasteiger partial charge on any atom is -0.497 e. The largest absolute Gasteiger partial charge is 0.497 e. The first-order valence-electron chi connectivity index (χ1n) is 10.3. The number of aromatic nitrogens is 1. The van der Waals surface area contributed by atoms with Crippen molar-refractivity contribution in [2.24, 2.45) is 0 Å². The molecule has 2 amide bonds. The SMILES string of the molecule is COc1ccc2[nH]c3c(c2c1)CCN(C(=O)Nc1ccc(Br)cc1)[C@@H]3c1ccc(F)cc1. The molecule has 0 saturated heterocycles. The van der Waals surface area contributed by atoms with Crippen LogP contribution in [0.4, 0.5) is 14.9 Å². The lowest BCUT2D eigenvalue weighted by Crippen LogP contribution is -2.43. The molecule has 5 rings (SSSR count). The molecule has 3 aromatic carbocycles. The third-order valence-corrected chi connectivity index (χ3v) is 6.40. The number of H-pyrrole nitrogens is 1. The van der Waals surface area contributed by atoms with Gasteiger partial charge in [-0.3, -0.25) is 0 Å². The van der Waals surface area contributed by atoms with E-state index in [2.05, 4.69) is 26.2 Å². The fourth-order valence-electron chi connectivity index (χ4n) is 4.33. The number of nitrogens with one attached hydrogen (secondary N) is 2. The molecule has 1 aromatic heterocycles. The summed E-state index contributed by atoms with van der Waals surface area (Å²) in [5.74, 6) is 0.477. The van der Waals surface area contributed by atoms with Gasteiger partial charge in [-0.2, -0.15) is 0 Å². The van der Waals surface area contributed by atoms with E-state index < -0.39 is 0 Å². The summed E-state index contributed by atoms with van der Waals surface area (Å²) in [7, 11) is 1.65. The molecule has 0 aliphatic carbocycles. The standard InChI is InChI=1S/C25H21BrFN3O2/c1-32-19-10-11-22-21(14-19)20-12-13-30(25(31)28-18-8-4-16(26)5-9-18)24(23(20)29-22)15-2-6-17(27)7-3-15/h2-11,14,24,29H,12-13H2,1H3,(H,28,31)/t24-/m1/s1. The predicted molar refractivity (Wildman–Crippen MR) is 127 cm³/mol. The van der Waals surface area contributed by atoms with E-state index in [4.69, 9.17) is 4.74 Å². The summed E-state index contributed by atoms with van der Waals surface area (Å²) in [6, 6.07) is 19.1. The minimum atomic E-state index is -0.367. The molecule has 0 bridgehead atoms. The van der Waals surface area contributed by atoms with Crippen molar-refractivity contribution < 1.29 is 13.9 Å². The molecule has 162 valence electrons. The summed E-state index contributed by atoms with van der Waals surface area (Å²) in [5.41, 5.74) is 4.64. The van der Waals surface area contributed by atoms with Gasteiger partial charge in [0.25, 0.3) is 0 Å². The van der Waals surface area contributed by atoms with Crippen LogP contribution in [0.3, 0.4) is 0 Å². The van der Waals surface area contributed by atoms with E-state index in [-0.39, 0.29) is 17.9 Å². The van der Waals surface area contributed by atoms with E-state index in [1.807, 2.05) is 42.5 Å². The smallest absolute Gasteiger partial charge is 0.322 e. The zero-order chi connectivity index (χ0) is 22.2. The summed E-state index contributed by atoms with van der Waals surface area (Å²) >= 11 is 3.41. The number of ether oxygens (including phenoxy) is 1. The molecule has 2 N–H and O–H groups in total. The zero-order valence-electron chi connectivity index (χ0n) is 17.4. The van der Waals surface area contributed by atoms with Crippen molar-refractivity contribution in [3.63, 3.8) is 0 Å². The Morgan fingerprint density at radius 1 is 1.12 bits per heavy atom. The van der Waals surface area contributed by atoms with Crippen molar-refractivity contribution in [1.29, 1.82) is 0 Å². The lowest BCUT2D eigenvalue weighted by atomic mass is 9.92. The van der Waals surface area contributed by atoms with Gasteiger partial charge in [0.1, 0.15) is 11.6 Å². The maximum atomic E-state index is 13.7. The first-order valence-corrected chi connectivity index (χ1v) is 11.1. The number of hydrogen-bond acceptors (Lipinski definition) is 2. The van der Waals surface area contributed by atoms with Gasteiger partial charge in [0.15, 0.2) is 0 Å². The highest BCUT2D eigenvalue weighted by Gasteiger charge is 2.34. The molecule has 0 saturated carbocycles. The number of aromatic amines is 1. The van der Waals surface area contributed by atoms with Crippen molar-refractivity contribution in [1.82, 2.24) is 9.88 Å². The van der Waals surface area contributed by atoms with E-state index in [0.717, 1.165) is 37.9 Å². The second-order valence-corrected chi connectivity index (χ2v) is 8.68. The van der Waals surface area contributed by atoms with Crippen molar-refractivity contribution in [2.45, 2.75) is 12.5 Å². The zero-order valence-corrected chi connectivity index (χ0v) is 18.9. The van der Waals surface area contributed by atoms with Crippen LogP contribution < -0.4 is 10.1 Å². The van der Waals surface area contributed by atoms with Gasteiger partial charge in [-0.15, -0.1) is 0 Å². The Hall–Kier alpha value is -3.32. The Kier molecular flexibility index (Phi) is 5.35. The number of methoxy groups -OCH3 is 1. The number of anilines is 1. The highest BCUT2D eigenvalue weighted by molar-refractivity contribution is 9.10. The first-order chi connectivity index (χ1) is 15.5. The van der Waals surface area contributed by atoms with E-state index in [1.165, 1.54) is 12.1 Å². The Labute approximate surface area is 193 Å². The van der Waals surface area contributed by atoms with Crippen molar-refractivity contribution in [3.05, 3.63) is 93.8 Å². The maximum Gasteiger partial charge on any atom is 0.322 e. The first kappa shape index (κ1) is 20.6. The van der Waals surface area contributed by atoms with Crippen LogP contribution in [0.15, 0.2) is 71.2 Å². The number of benzene rings is 3. The van der Waals surface area contributed by atoms with Crippen molar-refractivity contribution >= 4 is 38.6 Å². The van der Waals surface area contributed by atoms with Gasteiger partial charge in [0.2, 0.25) is 0 Å². The number of nitrogens with zero attached hydrogens (tertiary/aromatic N) is 1. The molecule has 32 heavy (non-hydrogen) atoms. The van der Waals surface area contributed by atoms with Gasteiger partial charge >= 0.3 is 6.03 Å². The number of hydrogen-bond donors (Lipinski definition) is 2. The van der Waals surface area contributed by atoms with Crippen molar-refractivity contribution in [3.8, 4) is 5.75 Å². The summed E-state index contributed by atoms with van der Waals surface area (Å²) in [6.45, 7) is 0.529. The average molecular weight is 494 g/mol. The van der Waals surface area contributed by atoms with Crippen molar-refractivity contribution in [2.75, 3.05) is 19.0 Å². The van der Waals surface area contributed by atoms with Gasteiger partial charge in [-0.25, -0.2) is 9.18 Å². The third-order valence-electron chi connectivity index (χ3n) is 5.88. The highest BCUT2D eigenvalue weighted by atomic mass is 79.9. The molecule has 0 spiro atoms. The number of carbonyl (C=O) groups excluding carboxylic acids is 1. The molecule has 5 nitrogen and oxygen atoms in total. The lowest BCUT2D eigenvalue weighted by Gasteiger charge is -2.36. The second-order valence-electron chi connectivity index (χ2n) is 7.76. The molecular weight excluding hydrogens is 473 g/mol. The number of halogens is 2. The molecule has 7 heteroatoms. The molecule has 1 aliphatic rings. The summed E-state index contributed by atoms with van der Waals surface area (Å²) in [6.07, 6.45) is 0.702. The van der Waals surface area contributed by atoms with Gasteiger partial charge in [-0.05, 0) is 72.1 Å². The second kappa shape index (κ2) is 8.31. The average Bonchev–Trinajstić information content (AvgIpc) is 3.18. The molecule has 0 unspecified atom stereocenters. The normalized spacial score (nSPS) is 15.5. The Balaban J connectivity index is 1.57. The van der Waals surface area contributed by atoms with Gasteiger partial charge in [-0.1, -0.05) is 28.1 Å². The van der Waals surface area contributed by atoms with E-state index >= 15 is 0 Å². The number of urea groups is 1. The third kappa shape index (κ3) is 3.73. The molecular formula is C25H21BrFN3O2. The number of fused-ring (bicyclic) bond motifs is 3. The van der Waals surface area contributed by atoms with Crippen LogP contribution in [-0.2, 0) is 6.42 Å². The molecule has 1 aliphatic heterocycles. The Bertz CT molecular complexity index is 1290. The van der Waals surface area contributed by atoms with Gasteiger partial charge in [0, 0.05) is 33.3 Å². The van der Waals surface area contributed by atoms with E-state index in [0.29, 0.717) is 18.7 Å². The summed E-state index contributed by atoms with van der Waals surface area (Å²) < 4.78 is 20.0. The topological polar surface area (TPSA) is 57.4 Å². The van der Waals surface area contributed by atoms with E-state index in [1.54, 1.807) is 24.1 Å². The molecule has 0 radical (unpaired) electrons. The van der Waals surface area contributed by atoms with Crippen LogP contribution in [0.5, 0.6) is 5.75 Å². The van der Waals surface area contributed by atoms with E-state index in [9.17, 15) is 9.18 Å². The monoisotopic (exact) mass is 493 g/mol. The fraction of sp³-hybridized carbons (Fsp3) is 0.160. The fourth-order valence-corrected chi connectivity index (χ4v) is 4.60. The molecule has 4 aromatic rings. The van der Waals surface area contributed by atoms with Gasteiger partial charge < -0.3 is 19.9 Å². The van der Waals surface area contributed by atoms with Crippen LogP contribution in [0.1, 0.15) is 22.9 Å². The quantitative estimate of drug-likeness (QED) is 0.354. The molecule has 0 fully saturated rings. The predicted octanol–water partition coefficient (Wildman–Crippen LogP) is 6.26. The number of carbonyl (C=O) groups is 1. The summed E-state index contributed by atoms with van der Waals surface area (Å²) in [4.78, 5) is 18.6. The minimum absolute atomic E-state index is 0.205. The highest BCUT2D eigenvalue weighted by Crippen LogP contribution is 2.39. The number of amides is 2. The van der Waals surface area contributed by atoms with Crippen LogP contribution in [0.2, 0.25) is 0 Å². The Morgan fingerprint density at radius 3 is 2.59 bits per heavy atom. The lowest BCUT2D eigenvalue weighted by molar-refractivity contribution is 0.193. The maximum absolute atomic E-state index is 13.7. The summed E-state index contributed by atoms with van der Waals surface area (Å²) in [5, 5.41) is 4.07. The van der Waals surface area contributed by atoms with Crippen LogP contribution in [0, 0.1) is 5.82 Å². The molecule has 1 atom stereocenters. The van der Waals surface area contributed by atoms with Crippen LogP contribution >= 0.6 is 15.9 Å². The Morgan fingerprint density at radius 2 is 1.88 bits per heavy atom. The van der Waals surface area contributed by atoms with Crippen LogP contribution in [0.25, 0.3) is 10.9 Å².